The van der Waals surface area contributed by atoms with Gasteiger partial charge in [0, 0.05) is 17.7 Å². The lowest BCUT2D eigenvalue weighted by Crippen LogP contribution is -2.54. The lowest BCUT2D eigenvalue weighted by molar-refractivity contribution is -0.0801. The first-order valence-corrected chi connectivity index (χ1v) is 10.9. The molecular formula is C27H18N2O4. The van der Waals surface area contributed by atoms with Crippen molar-refractivity contribution in [3.63, 3.8) is 0 Å². The Morgan fingerprint density at radius 2 is 1.55 bits per heavy atom. The Kier molecular flexibility index (Phi) is 3.52. The molecule has 2 amide bonds. The van der Waals surface area contributed by atoms with Crippen LogP contribution in [-0.4, -0.2) is 45.8 Å². The summed E-state index contributed by atoms with van der Waals surface area (Å²) in [6.45, 7) is 0.683. The zero-order valence-corrected chi connectivity index (χ0v) is 17.5. The molecule has 2 atom stereocenters. The Hall–Kier alpha value is -4.03. The second-order valence-electron chi connectivity index (χ2n) is 8.87. The van der Waals surface area contributed by atoms with Gasteiger partial charge in [-0.25, -0.2) is 4.79 Å². The molecule has 3 aromatic carbocycles. The SMILES string of the molecule is O=C1C2=C(C(=O)c3cc4ccccc4cc31)N1C(=O)N(Cc3ccccc3)C[C@@]13C=C[C@@H]2O3. The summed E-state index contributed by atoms with van der Waals surface area (Å²) in [6, 6.07) is 20.5. The van der Waals surface area contributed by atoms with Crippen LogP contribution in [0.25, 0.3) is 10.8 Å². The predicted molar refractivity (Wildman–Crippen MR) is 120 cm³/mol. The second kappa shape index (κ2) is 6.27. The molecule has 0 N–H and O–H groups in total. The summed E-state index contributed by atoms with van der Waals surface area (Å²) < 4.78 is 6.26. The van der Waals surface area contributed by atoms with E-state index in [1.807, 2.05) is 60.7 Å². The van der Waals surface area contributed by atoms with Gasteiger partial charge in [0.25, 0.3) is 0 Å². The molecule has 2 bridgehead atoms. The number of urea groups is 1. The molecule has 3 heterocycles. The summed E-state index contributed by atoms with van der Waals surface area (Å²) in [5, 5.41) is 1.77. The van der Waals surface area contributed by atoms with Crippen molar-refractivity contribution in [3.8, 4) is 0 Å². The molecule has 4 aliphatic rings. The van der Waals surface area contributed by atoms with E-state index in [-0.39, 0.29) is 35.4 Å². The molecule has 0 radical (unpaired) electrons. The van der Waals surface area contributed by atoms with E-state index in [1.54, 1.807) is 23.1 Å². The van der Waals surface area contributed by atoms with Crippen LogP contribution >= 0.6 is 0 Å². The van der Waals surface area contributed by atoms with Gasteiger partial charge in [-0.05, 0) is 34.5 Å². The number of allylic oxidation sites excluding steroid dienone is 1. The maximum Gasteiger partial charge on any atom is 0.327 e. The number of ketones is 2. The van der Waals surface area contributed by atoms with E-state index in [1.165, 1.54) is 4.90 Å². The Labute approximate surface area is 189 Å². The zero-order chi connectivity index (χ0) is 22.3. The number of hydrogen-bond acceptors (Lipinski definition) is 4. The Morgan fingerprint density at radius 1 is 0.879 bits per heavy atom. The van der Waals surface area contributed by atoms with E-state index in [0.29, 0.717) is 17.7 Å². The number of benzene rings is 3. The van der Waals surface area contributed by atoms with Gasteiger partial charge >= 0.3 is 6.03 Å². The molecule has 6 nitrogen and oxygen atoms in total. The number of ether oxygens (including phenoxy) is 1. The summed E-state index contributed by atoms with van der Waals surface area (Å²) in [5.74, 6) is -0.563. The minimum atomic E-state index is -1.07. The molecule has 3 aromatic rings. The first-order valence-electron chi connectivity index (χ1n) is 10.9. The number of amides is 2. The van der Waals surface area contributed by atoms with Crippen LogP contribution in [0, 0.1) is 0 Å². The highest BCUT2D eigenvalue weighted by atomic mass is 16.5. The first kappa shape index (κ1) is 18.5. The molecule has 1 spiro atoms. The van der Waals surface area contributed by atoms with Crippen LogP contribution in [0.3, 0.4) is 0 Å². The van der Waals surface area contributed by atoms with Crippen molar-refractivity contribution in [2.45, 2.75) is 18.4 Å². The fourth-order valence-corrected chi connectivity index (χ4v) is 5.44. The molecule has 0 unspecified atom stereocenters. The monoisotopic (exact) mass is 434 g/mol. The molecule has 3 aliphatic heterocycles. The van der Waals surface area contributed by atoms with Gasteiger partial charge in [-0.1, -0.05) is 60.7 Å². The molecule has 6 heteroatoms. The number of fused-ring (bicyclic) bond motifs is 5. The van der Waals surface area contributed by atoms with Gasteiger partial charge in [0.2, 0.25) is 5.78 Å². The third-order valence-corrected chi connectivity index (χ3v) is 6.93. The van der Waals surface area contributed by atoms with Crippen molar-refractivity contribution >= 4 is 28.4 Å². The van der Waals surface area contributed by atoms with Crippen LogP contribution in [0.1, 0.15) is 26.3 Å². The highest BCUT2D eigenvalue weighted by molar-refractivity contribution is 6.29. The molecule has 1 fully saturated rings. The third kappa shape index (κ3) is 2.38. The number of carbonyl (C=O) groups is 3. The van der Waals surface area contributed by atoms with Crippen molar-refractivity contribution in [2.24, 2.45) is 0 Å². The van der Waals surface area contributed by atoms with Gasteiger partial charge in [0.1, 0.15) is 11.8 Å². The smallest absolute Gasteiger partial charge is 0.327 e. The first-order chi connectivity index (χ1) is 16.1. The molecular weight excluding hydrogens is 416 g/mol. The van der Waals surface area contributed by atoms with Crippen LogP contribution in [-0.2, 0) is 11.3 Å². The van der Waals surface area contributed by atoms with Gasteiger partial charge < -0.3 is 9.64 Å². The molecule has 0 saturated carbocycles. The van der Waals surface area contributed by atoms with Crippen LogP contribution in [0.5, 0.6) is 0 Å². The van der Waals surface area contributed by atoms with E-state index < -0.39 is 11.8 Å². The number of nitrogens with zero attached hydrogens (tertiary/aromatic N) is 2. The quantitative estimate of drug-likeness (QED) is 0.570. The number of Topliss-reactive ketones (excluding diaryl/α,β-unsaturated/α-hetero) is 2. The minimum absolute atomic E-state index is 0.157. The van der Waals surface area contributed by atoms with E-state index in [0.717, 1.165) is 16.3 Å². The highest BCUT2D eigenvalue weighted by Crippen LogP contribution is 2.48. The van der Waals surface area contributed by atoms with Gasteiger partial charge in [-0.2, -0.15) is 0 Å². The highest BCUT2D eigenvalue weighted by Gasteiger charge is 2.61. The Morgan fingerprint density at radius 3 is 2.27 bits per heavy atom. The van der Waals surface area contributed by atoms with E-state index in [9.17, 15) is 14.4 Å². The maximum atomic E-state index is 13.8. The standard InChI is InChI=1S/C27H18N2O4/c30-24-19-12-17-8-4-5-9-18(17)13-20(19)25(31)23-22(24)21-10-11-27(33-21)15-28(26(32)29(23)27)14-16-6-2-1-3-7-16/h1-13,21H,14-15H2/t21-,27-/m0/s1. The van der Waals surface area contributed by atoms with Crippen molar-refractivity contribution in [1.29, 1.82) is 0 Å². The summed E-state index contributed by atoms with van der Waals surface area (Å²) in [4.78, 5) is 44.1. The molecule has 7 rings (SSSR count). The van der Waals surface area contributed by atoms with Gasteiger partial charge in [0.15, 0.2) is 11.5 Å². The van der Waals surface area contributed by atoms with Gasteiger partial charge in [0.05, 0.1) is 12.1 Å². The fourth-order valence-electron chi connectivity index (χ4n) is 5.44. The molecule has 33 heavy (non-hydrogen) atoms. The van der Waals surface area contributed by atoms with E-state index in [4.69, 9.17) is 4.74 Å². The average Bonchev–Trinajstić information content (AvgIpc) is 3.33. The topological polar surface area (TPSA) is 66.9 Å². The largest absolute Gasteiger partial charge is 0.337 e. The van der Waals surface area contributed by atoms with E-state index >= 15 is 0 Å². The number of rotatable bonds is 2. The van der Waals surface area contributed by atoms with Gasteiger partial charge in [-0.15, -0.1) is 0 Å². The average molecular weight is 434 g/mol. The molecule has 1 saturated heterocycles. The molecule has 160 valence electrons. The van der Waals surface area contributed by atoms with Crippen LogP contribution in [0.2, 0.25) is 0 Å². The number of carbonyl (C=O) groups excluding carboxylic acids is 3. The van der Waals surface area contributed by atoms with Crippen molar-refractivity contribution < 1.29 is 19.1 Å². The normalized spacial score (nSPS) is 25.1. The lowest BCUT2D eigenvalue weighted by atomic mass is 9.82. The molecule has 1 aliphatic carbocycles. The summed E-state index contributed by atoms with van der Waals surface area (Å²) in [6.07, 6.45) is 2.98. The summed E-state index contributed by atoms with van der Waals surface area (Å²) >= 11 is 0. The number of hydrogen-bond donors (Lipinski definition) is 0. The third-order valence-electron chi connectivity index (χ3n) is 6.93. The van der Waals surface area contributed by atoms with Crippen LogP contribution in [0.15, 0.2) is 90.2 Å². The van der Waals surface area contributed by atoms with Crippen molar-refractivity contribution in [2.75, 3.05) is 6.54 Å². The van der Waals surface area contributed by atoms with Crippen LogP contribution < -0.4 is 0 Å². The molecule has 0 aromatic heterocycles. The zero-order valence-electron chi connectivity index (χ0n) is 17.5. The van der Waals surface area contributed by atoms with Crippen molar-refractivity contribution in [3.05, 3.63) is 107 Å². The Balaban J connectivity index is 1.37. The van der Waals surface area contributed by atoms with Crippen molar-refractivity contribution in [1.82, 2.24) is 9.80 Å². The summed E-state index contributed by atoms with van der Waals surface area (Å²) in [7, 11) is 0. The minimum Gasteiger partial charge on any atom is -0.337 e. The maximum absolute atomic E-state index is 13.8. The lowest BCUT2D eigenvalue weighted by Gasteiger charge is -2.40. The fraction of sp³-hybridized carbons (Fsp3) is 0.148. The second-order valence-corrected chi connectivity index (χ2v) is 8.87. The van der Waals surface area contributed by atoms with Crippen LogP contribution in [0.4, 0.5) is 4.79 Å². The summed E-state index contributed by atoms with van der Waals surface area (Å²) in [5.41, 5.74) is 1.02. The Bertz CT molecular complexity index is 1470. The van der Waals surface area contributed by atoms with E-state index in [2.05, 4.69) is 0 Å². The predicted octanol–water partition coefficient (Wildman–Crippen LogP) is 4.08. The van der Waals surface area contributed by atoms with Gasteiger partial charge in [-0.3, -0.25) is 14.5 Å².